The van der Waals surface area contributed by atoms with Crippen molar-refractivity contribution in [3.8, 4) is 5.75 Å². The van der Waals surface area contributed by atoms with Gasteiger partial charge in [-0.3, -0.25) is 0 Å². The standard InChI is InChI=1S/C14H16O2/c1-3-16-10(2)11-8-9-14(15)13-7-5-4-6-12(11)13/h4-10,15H,3H2,1-2H3/t10-/m0/s1. The number of fused-ring (bicyclic) bond motifs is 1. The monoisotopic (exact) mass is 216 g/mol. The first-order chi connectivity index (χ1) is 7.74. The molecule has 2 heteroatoms. The third-order valence-corrected chi connectivity index (χ3v) is 2.79. The molecular weight excluding hydrogens is 200 g/mol. The highest BCUT2D eigenvalue weighted by molar-refractivity contribution is 5.91. The van der Waals surface area contributed by atoms with Crippen LogP contribution in [0.2, 0.25) is 0 Å². The van der Waals surface area contributed by atoms with Crippen molar-refractivity contribution in [2.24, 2.45) is 0 Å². The van der Waals surface area contributed by atoms with Gasteiger partial charge in [0.1, 0.15) is 5.75 Å². The highest BCUT2D eigenvalue weighted by atomic mass is 16.5. The average molecular weight is 216 g/mol. The minimum atomic E-state index is 0.0514. The maximum absolute atomic E-state index is 9.77. The Balaban J connectivity index is 2.58. The van der Waals surface area contributed by atoms with Crippen LogP contribution >= 0.6 is 0 Å². The van der Waals surface area contributed by atoms with Gasteiger partial charge in [-0.05, 0) is 30.9 Å². The molecule has 2 aromatic rings. The van der Waals surface area contributed by atoms with E-state index in [9.17, 15) is 5.11 Å². The van der Waals surface area contributed by atoms with Crippen LogP contribution in [0.5, 0.6) is 5.75 Å². The number of phenols is 1. The molecule has 0 heterocycles. The Morgan fingerprint density at radius 1 is 1.12 bits per heavy atom. The summed E-state index contributed by atoms with van der Waals surface area (Å²) in [5.74, 6) is 0.322. The molecule has 0 aliphatic rings. The van der Waals surface area contributed by atoms with Crippen LogP contribution in [0.3, 0.4) is 0 Å². The molecule has 0 aromatic heterocycles. The smallest absolute Gasteiger partial charge is 0.123 e. The molecule has 2 nitrogen and oxygen atoms in total. The lowest BCUT2D eigenvalue weighted by atomic mass is 10.0. The summed E-state index contributed by atoms with van der Waals surface area (Å²) in [6.45, 7) is 4.71. The lowest BCUT2D eigenvalue weighted by Gasteiger charge is -2.15. The lowest BCUT2D eigenvalue weighted by Crippen LogP contribution is -2.00. The van der Waals surface area contributed by atoms with E-state index < -0.39 is 0 Å². The first-order valence-electron chi connectivity index (χ1n) is 5.56. The van der Waals surface area contributed by atoms with Gasteiger partial charge in [-0.25, -0.2) is 0 Å². The van der Waals surface area contributed by atoms with Crippen molar-refractivity contribution in [3.05, 3.63) is 42.0 Å². The fourth-order valence-electron chi connectivity index (χ4n) is 2.00. The van der Waals surface area contributed by atoms with Crippen LogP contribution in [0.4, 0.5) is 0 Å². The van der Waals surface area contributed by atoms with E-state index in [1.807, 2.05) is 44.2 Å². The number of hydrogen-bond donors (Lipinski definition) is 1. The fraction of sp³-hybridized carbons (Fsp3) is 0.286. The van der Waals surface area contributed by atoms with Gasteiger partial charge in [0, 0.05) is 12.0 Å². The van der Waals surface area contributed by atoms with E-state index >= 15 is 0 Å². The van der Waals surface area contributed by atoms with Crippen molar-refractivity contribution in [2.75, 3.05) is 6.61 Å². The number of ether oxygens (including phenoxy) is 1. The van der Waals surface area contributed by atoms with Gasteiger partial charge in [0.25, 0.3) is 0 Å². The number of benzene rings is 2. The van der Waals surface area contributed by atoms with E-state index in [4.69, 9.17) is 4.74 Å². The van der Waals surface area contributed by atoms with Crippen molar-refractivity contribution >= 4 is 10.8 Å². The second-order valence-corrected chi connectivity index (χ2v) is 3.82. The average Bonchev–Trinajstić information content (AvgIpc) is 2.30. The summed E-state index contributed by atoms with van der Waals surface area (Å²) in [5.41, 5.74) is 1.12. The van der Waals surface area contributed by atoms with Crippen molar-refractivity contribution in [2.45, 2.75) is 20.0 Å². The van der Waals surface area contributed by atoms with E-state index in [1.54, 1.807) is 6.07 Å². The van der Waals surface area contributed by atoms with Crippen molar-refractivity contribution in [3.63, 3.8) is 0 Å². The minimum absolute atomic E-state index is 0.0514. The molecule has 2 aromatic carbocycles. The van der Waals surface area contributed by atoms with Gasteiger partial charge >= 0.3 is 0 Å². The van der Waals surface area contributed by atoms with Gasteiger partial charge < -0.3 is 9.84 Å². The van der Waals surface area contributed by atoms with Gasteiger partial charge in [-0.1, -0.05) is 30.3 Å². The molecule has 0 saturated carbocycles. The van der Waals surface area contributed by atoms with E-state index in [-0.39, 0.29) is 6.10 Å². The largest absolute Gasteiger partial charge is 0.507 e. The summed E-state index contributed by atoms with van der Waals surface area (Å²) in [6.07, 6.45) is 0.0514. The molecule has 0 bridgehead atoms. The molecule has 2 rings (SSSR count). The Kier molecular flexibility index (Phi) is 3.11. The molecule has 0 unspecified atom stereocenters. The van der Waals surface area contributed by atoms with E-state index in [0.29, 0.717) is 12.4 Å². The second kappa shape index (κ2) is 4.54. The quantitative estimate of drug-likeness (QED) is 0.848. The summed E-state index contributed by atoms with van der Waals surface area (Å²) >= 11 is 0. The minimum Gasteiger partial charge on any atom is -0.507 e. The van der Waals surface area contributed by atoms with Gasteiger partial charge in [-0.15, -0.1) is 0 Å². The van der Waals surface area contributed by atoms with Crippen LogP contribution in [0, 0.1) is 0 Å². The third kappa shape index (κ3) is 1.89. The van der Waals surface area contributed by atoms with Crippen LogP contribution < -0.4 is 0 Å². The summed E-state index contributed by atoms with van der Waals surface area (Å²) in [7, 11) is 0. The van der Waals surface area contributed by atoms with Crippen molar-refractivity contribution in [1.82, 2.24) is 0 Å². The SMILES string of the molecule is CCO[C@@H](C)c1ccc(O)c2ccccc12. The molecule has 0 spiro atoms. The summed E-state index contributed by atoms with van der Waals surface area (Å²) < 4.78 is 5.59. The van der Waals surface area contributed by atoms with E-state index in [1.165, 1.54) is 0 Å². The van der Waals surface area contributed by atoms with E-state index in [2.05, 4.69) is 0 Å². The summed E-state index contributed by atoms with van der Waals surface area (Å²) in [5, 5.41) is 11.7. The molecule has 0 saturated heterocycles. The predicted molar refractivity (Wildman–Crippen MR) is 65.7 cm³/mol. The topological polar surface area (TPSA) is 29.5 Å². The zero-order valence-corrected chi connectivity index (χ0v) is 9.60. The Morgan fingerprint density at radius 2 is 1.81 bits per heavy atom. The molecule has 1 atom stereocenters. The molecule has 1 N–H and O–H groups in total. The van der Waals surface area contributed by atoms with Crippen molar-refractivity contribution in [1.29, 1.82) is 0 Å². The van der Waals surface area contributed by atoms with Crippen LogP contribution in [0.25, 0.3) is 10.8 Å². The third-order valence-electron chi connectivity index (χ3n) is 2.79. The number of aromatic hydroxyl groups is 1. The molecular formula is C14H16O2. The second-order valence-electron chi connectivity index (χ2n) is 3.82. The summed E-state index contributed by atoms with van der Waals surface area (Å²) in [4.78, 5) is 0. The Labute approximate surface area is 95.5 Å². The first kappa shape index (κ1) is 11.0. The Bertz CT molecular complexity index is 491. The fourth-order valence-corrected chi connectivity index (χ4v) is 2.00. The van der Waals surface area contributed by atoms with Gasteiger partial charge in [0.2, 0.25) is 0 Å². The zero-order chi connectivity index (χ0) is 11.5. The van der Waals surface area contributed by atoms with Crippen LogP contribution in [-0.4, -0.2) is 11.7 Å². The summed E-state index contributed by atoms with van der Waals surface area (Å²) in [6, 6.07) is 11.5. The zero-order valence-electron chi connectivity index (χ0n) is 9.60. The number of phenolic OH excluding ortho intramolecular Hbond substituents is 1. The maximum Gasteiger partial charge on any atom is 0.123 e. The number of hydrogen-bond acceptors (Lipinski definition) is 2. The molecule has 84 valence electrons. The first-order valence-corrected chi connectivity index (χ1v) is 5.56. The normalized spacial score (nSPS) is 12.9. The molecule has 0 fully saturated rings. The molecule has 0 aliphatic carbocycles. The Hall–Kier alpha value is -1.54. The van der Waals surface area contributed by atoms with Gasteiger partial charge in [0.15, 0.2) is 0 Å². The van der Waals surface area contributed by atoms with Gasteiger partial charge in [0.05, 0.1) is 6.10 Å². The van der Waals surface area contributed by atoms with Crippen LogP contribution in [0.15, 0.2) is 36.4 Å². The molecule has 0 aliphatic heterocycles. The molecule has 16 heavy (non-hydrogen) atoms. The predicted octanol–water partition coefficient (Wildman–Crippen LogP) is 3.64. The lowest BCUT2D eigenvalue weighted by molar-refractivity contribution is 0.0774. The highest BCUT2D eigenvalue weighted by Gasteiger charge is 2.10. The molecule has 0 amide bonds. The number of rotatable bonds is 3. The Morgan fingerprint density at radius 3 is 2.50 bits per heavy atom. The highest BCUT2D eigenvalue weighted by Crippen LogP contribution is 2.31. The van der Waals surface area contributed by atoms with Gasteiger partial charge in [-0.2, -0.15) is 0 Å². The van der Waals surface area contributed by atoms with E-state index in [0.717, 1.165) is 16.3 Å². The van der Waals surface area contributed by atoms with Crippen LogP contribution in [0.1, 0.15) is 25.5 Å². The maximum atomic E-state index is 9.77. The van der Waals surface area contributed by atoms with Crippen LogP contribution in [-0.2, 0) is 4.74 Å². The van der Waals surface area contributed by atoms with Crippen molar-refractivity contribution < 1.29 is 9.84 Å². The molecule has 0 radical (unpaired) electrons.